The Labute approximate surface area is 573 Å². The zero-order valence-corrected chi connectivity index (χ0v) is 60.8. The van der Waals surface area contributed by atoms with Crippen molar-refractivity contribution in [1.29, 1.82) is 0 Å². The smallest absolute Gasteiger partial charge is 0.306 e. The molecule has 0 radical (unpaired) electrons. The number of carbonyl (C=O) groups excluding carboxylic acids is 3. The van der Waals surface area contributed by atoms with Gasteiger partial charge in [0.1, 0.15) is 13.2 Å². The summed E-state index contributed by atoms with van der Waals surface area (Å²) in [6, 6.07) is 0. The lowest BCUT2D eigenvalue weighted by Crippen LogP contribution is -2.44. The highest BCUT2D eigenvalue weighted by Crippen LogP contribution is 2.18. The highest BCUT2D eigenvalue weighted by molar-refractivity contribution is 5.70. The molecule has 0 bridgehead atoms. The number of carboxylic acid groups (broad SMARTS) is 1. The van der Waals surface area contributed by atoms with Gasteiger partial charge in [-0.25, -0.2) is 0 Å². The van der Waals surface area contributed by atoms with Crippen LogP contribution in [0.2, 0.25) is 0 Å². The first-order valence-electron chi connectivity index (χ1n) is 38.3. The molecule has 0 aromatic carbocycles. The minimum absolute atomic E-state index is 0.143. The molecule has 0 amide bonds. The van der Waals surface area contributed by atoms with E-state index >= 15 is 0 Å². The SMILES string of the molecule is CC/C=C\C/C=C\C/C=C\C/C=C\C/C=C\C/C=C\C/C=C\C/C=C\CCCCCCCCCCCCCCCCC(=O)OC(COC(=O)CCCCCCCCCCCCCCCC/C=C\C/C=C\C/C=C\CCCCCCC)COC(OCC[N+](C)(C)C)C(=O)[O-]. The van der Waals surface area contributed by atoms with Crippen LogP contribution < -0.4 is 5.11 Å². The molecule has 0 saturated carbocycles. The maximum Gasteiger partial charge on any atom is 0.306 e. The summed E-state index contributed by atoms with van der Waals surface area (Å²) in [7, 11) is 5.93. The molecular formula is C84H143NO8. The molecule has 9 heteroatoms. The Morgan fingerprint density at radius 1 is 0.333 bits per heavy atom. The normalized spacial score (nSPS) is 13.4. The number of quaternary nitrogens is 1. The Kier molecular flexibility index (Phi) is 69.6. The zero-order valence-electron chi connectivity index (χ0n) is 60.8. The highest BCUT2D eigenvalue weighted by Gasteiger charge is 2.22. The van der Waals surface area contributed by atoms with Gasteiger partial charge in [0, 0.05) is 12.8 Å². The Morgan fingerprint density at radius 2 is 0.613 bits per heavy atom. The number of carbonyl (C=O) groups is 3. The number of esters is 2. The van der Waals surface area contributed by atoms with Crippen LogP contribution in [0.4, 0.5) is 0 Å². The van der Waals surface area contributed by atoms with Crippen molar-refractivity contribution in [2.24, 2.45) is 0 Å². The number of aliphatic carboxylic acids is 1. The lowest BCUT2D eigenvalue weighted by atomic mass is 10.0. The topological polar surface area (TPSA) is 111 Å². The van der Waals surface area contributed by atoms with Crippen LogP contribution in [0, 0.1) is 0 Å². The van der Waals surface area contributed by atoms with E-state index in [9.17, 15) is 19.5 Å². The van der Waals surface area contributed by atoms with Crippen LogP contribution >= 0.6 is 0 Å². The predicted molar refractivity (Wildman–Crippen MR) is 398 cm³/mol. The van der Waals surface area contributed by atoms with Gasteiger partial charge in [-0.1, -0.05) is 327 Å². The van der Waals surface area contributed by atoms with Crippen molar-refractivity contribution in [3.63, 3.8) is 0 Å². The number of hydrogen-bond acceptors (Lipinski definition) is 8. The third-order valence-corrected chi connectivity index (χ3v) is 16.4. The first-order chi connectivity index (χ1) is 45.6. The average molecular weight is 1300 g/mol. The Hall–Kier alpha value is -4.57. The first kappa shape index (κ1) is 88.4. The summed E-state index contributed by atoms with van der Waals surface area (Å²) in [5.74, 6) is -2.28. The Bertz CT molecular complexity index is 2000. The van der Waals surface area contributed by atoms with E-state index in [2.05, 4.69) is 148 Å². The second kappa shape index (κ2) is 73.2. The minimum Gasteiger partial charge on any atom is -0.545 e. The Morgan fingerprint density at radius 3 is 0.914 bits per heavy atom. The second-order valence-corrected chi connectivity index (χ2v) is 26.6. The molecule has 0 rings (SSSR count). The fourth-order valence-corrected chi connectivity index (χ4v) is 10.6. The van der Waals surface area contributed by atoms with Crippen molar-refractivity contribution < 1.29 is 42.9 Å². The molecule has 0 aromatic heterocycles. The van der Waals surface area contributed by atoms with Gasteiger partial charge in [0.25, 0.3) is 0 Å². The number of likely N-dealkylation sites (N-methyl/N-ethyl adjacent to an activating group) is 1. The van der Waals surface area contributed by atoms with Crippen molar-refractivity contribution >= 4 is 17.9 Å². The van der Waals surface area contributed by atoms with Gasteiger partial charge in [-0.05, 0) is 116 Å². The fourth-order valence-electron chi connectivity index (χ4n) is 10.6. The summed E-state index contributed by atoms with van der Waals surface area (Å²) in [5.41, 5.74) is 0. The number of nitrogens with zero attached hydrogens (tertiary/aromatic N) is 1. The second-order valence-electron chi connectivity index (χ2n) is 26.6. The van der Waals surface area contributed by atoms with Gasteiger partial charge in [0.05, 0.1) is 40.3 Å². The number of hydrogen-bond donors (Lipinski definition) is 0. The molecule has 2 atom stereocenters. The van der Waals surface area contributed by atoms with Crippen molar-refractivity contribution in [3.05, 3.63) is 134 Å². The lowest BCUT2D eigenvalue weighted by Gasteiger charge is -2.26. The van der Waals surface area contributed by atoms with Crippen molar-refractivity contribution in [1.82, 2.24) is 0 Å². The van der Waals surface area contributed by atoms with Gasteiger partial charge in [-0.2, -0.15) is 0 Å². The third kappa shape index (κ3) is 74.7. The van der Waals surface area contributed by atoms with E-state index < -0.39 is 24.3 Å². The third-order valence-electron chi connectivity index (χ3n) is 16.4. The van der Waals surface area contributed by atoms with Gasteiger partial charge in [-0.15, -0.1) is 0 Å². The molecule has 0 saturated heterocycles. The largest absolute Gasteiger partial charge is 0.545 e. The van der Waals surface area contributed by atoms with Gasteiger partial charge >= 0.3 is 11.9 Å². The molecule has 93 heavy (non-hydrogen) atoms. The van der Waals surface area contributed by atoms with E-state index in [-0.39, 0.29) is 38.6 Å². The fraction of sp³-hybridized carbons (Fsp3) is 0.702. The quantitative estimate of drug-likeness (QED) is 0.0195. The zero-order chi connectivity index (χ0) is 67.5. The van der Waals surface area contributed by atoms with Gasteiger partial charge in [0.2, 0.25) is 0 Å². The number of allylic oxidation sites excluding steroid dienone is 22. The van der Waals surface area contributed by atoms with E-state index in [0.717, 1.165) is 103 Å². The van der Waals surface area contributed by atoms with Gasteiger partial charge in [0.15, 0.2) is 12.4 Å². The molecule has 0 spiro atoms. The van der Waals surface area contributed by atoms with Crippen molar-refractivity contribution in [2.75, 3.05) is 47.5 Å². The van der Waals surface area contributed by atoms with E-state index in [1.807, 2.05) is 21.1 Å². The van der Waals surface area contributed by atoms with Gasteiger partial charge < -0.3 is 33.3 Å². The number of unbranched alkanes of at least 4 members (excludes halogenated alkanes) is 33. The summed E-state index contributed by atoms with van der Waals surface area (Å²) in [6.45, 7) is 4.64. The lowest BCUT2D eigenvalue weighted by molar-refractivity contribution is -0.870. The molecule has 9 nitrogen and oxygen atoms in total. The van der Waals surface area contributed by atoms with Crippen LogP contribution in [0.1, 0.15) is 322 Å². The van der Waals surface area contributed by atoms with Crippen LogP contribution in [0.15, 0.2) is 134 Å². The van der Waals surface area contributed by atoms with Crippen LogP contribution in [0.5, 0.6) is 0 Å². The van der Waals surface area contributed by atoms with Crippen LogP contribution in [-0.4, -0.2) is 82.3 Å². The average Bonchev–Trinajstić information content (AvgIpc) is 3.38. The van der Waals surface area contributed by atoms with Crippen molar-refractivity contribution in [2.45, 2.75) is 334 Å². The number of carboxylic acids is 1. The monoisotopic (exact) mass is 1290 g/mol. The standard InChI is InChI=1S/C84H143NO8/c1-6-8-10-12-14-16-18-20-22-24-26-28-30-32-34-36-37-38-39-40-41-42-43-44-45-47-49-51-53-55-57-59-61-63-65-67-69-71-73-75-82(87)93-80(79-92-84(83(88)89)90-77-76-85(3,4)5)78-91-81(86)74-72-70-68-66-64-62-60-58-56-54-52-50-48-46-35-33-31-29-27-25-23-21-19-17-15-13-11-9-7-2/h8,10,14,16,19-22,25-28,31-34,37-38,40-41,43-44,80,84H,6-7,9,11-13,15,17-18,23-24,29-30,35-36,39,42,45-79H2,1-5H3/b10-8-,16-14-,21-19-,22-20-,27-25-,28-26-,33-31-,34-32-,38-37-,41-40-,44-43-. The molecule has 0 N–H and O–H groups in total. The molecule has 0 fully saturated rings. The Balaban J connectivity index is 4.08. The maximum atomic E-state index is 13.0. The van der Waals surface area contributed by atoms with Crippen LogP contribution in [0.25, 0.3) is 0 Å². The predicted octanol–water partition coefficient (Wildman–Crippen LogP) is 23.1. The molecule has 2 unspecified atom stereocenters. The molecule has 0 aromatic rings. The summed E-state index contributed by atoms with van der Waals surface area (Å²) >= 11 is 0. The molecule has 0 aliphatic heterocycles. The number of ether oxygens (including phenoxy) is 4. The summed E-state index contributed by atoms with van der Waals surface area (Å²) in [6.07, 6.45) is 103. The van der Waals surface area contributed by atoms with E-state index in [0.29, 0.717) is 17.4 Å². The molecule has 0 aliphatic carbocycles. The first-order valence-corrected chi connectivity index (χ1v) is 38.3. The maximum absolute atomic E-state index is 13.0. The summed E-state index contributed by atoms with van der Waals surface area (Å²) < 4.78 is 22.8. The van der Waals surface area contributed by atoms with Crippen LogP contribution in [-0.2, 0) is 33.3 Å². The van der Waals surface area contributed by atoms with E-state index in [1.165, 1.54) is 186 Å². The van der Waals surface area contributed by atoms with Crippen LogP contribution in [0.3, 0.4) is 0 Å². The molecule has 0 heterocycles. The highest BCUT2D eigenvalue weighted by atomic mass is 16.7. The molecular weight excluding hydrogens is 1150 g/mol. The van der Waals surface area contributed by atoms with Gasteiger partial charge in [-0.3, -0.25) is 9.59 Å². The summed E-state index contributed by atoms with van der Waals surface area (Å²) in [5, 5.41) is 11.9. The molecule has 532 valence electrons. The molecule has 0 aliphatic rings. The van der Waals surface area contributed by atoms with E-state index in [1.54, 1.807) is 0 Å². The minimum atomic E-state index is -1.63. The van der Waals surface area contributed by atoms with Crippen molar-refractivity contribution in [3.8, 4) is 0 Å². The number of rotatable bonds is 70. The van der Waals surface area contributed by atoms with E-state index in [4.69, 9.17) is 18.9 Å². The summed E-state index contributed by atoms with van der Waals surface area (Å²) in [4.78, 5) is 37.6.